The third kappa shape index (κ3) is 3.32. The molecule has 0 radical (unpaired) electrons. The minimum Gasteiger partial charge on any atom is -0.399 e. The third-order valence-corrected chi connectivity index (χ3v) is 5.83. The van der Waals surface area contributed by atoms with Crippen molar-refractivity contribution in [1.29, 1.82) is 0 Å². The van der Waals surface area contributed by atoms with Crippen LogP contribution in [0.25, 0.3) is 11.2 Å². The van der Waals surface area contributed by atoms with Gasteiger partial charge in [0.2, 0.25) is 0 Å². The second-order valence-electron chi connectivity index (χ2n) is 7.74. The molecule has 1 saturated heterocycles. The summed E-state index contributed by atoms with van der Waals surface area (Å²) in [5, 5.41) is 0. The number of benzene rings is 1. The van der Waals surface area contributed by atoms with Crippen LogP contribution in [0.5, 0.6) is 0 Å². The molecular formula is C23H24N6O. The van der Waals surface area contributed by atoms with E-state index in [1.807, 2.05) is 57.7 Å². The first-order valence-corrected chi connectivity index (χ1v) is 10.3. The minimum atomic E-state index is 0.00748. The Morgan fingerprint density at radius 2 is 1.77 bits per heavy atom. The van der Waals surface area contributed by atoms with Crippen LogP contribution < -0.4 is 16.3 Å². The highest BCUT2D eigenvalue weighted by Gasteiger charge is 2.26. The SMILES string of the molecule is Nc1ccnc(N2CCC(n3c(=O)n(Cc4ccccc4)c4cccnc43)CC2)c1. The monoisotopic (exact) mass is 400 g/mol. The van der Waals surface area contributed by atoms with Crippen LogP contribution in [0, 0.1) is 0 Å². The molecule has 152 valence electrons. The maximum absolute atomic E-state index is 13.4. The van der Waals surface area contributed by atoms with Crippen LogP contribution in [-0.2, 0) is 6.54 Å². The summed E-state index contributed by atoms with van der Waals surface area (Å²) in [4.78, 5) is 24.7. The maximum atomic E-state index is 13.4. The molecule has 4 heterocycles. The molecule has 0 spiro atoms. The number of rotatable bonds is 4. The van der Waals surface area contributed by atoms with Crippen molar-refractivity contribution in [2.24, 2.45) is 0 Å². The molecule has 0 atom stereocenters. The van der Waals surface area contributed by atoms with Crippen molar-refractivity contribution in [2.45, 2.75) is 25.4 Å². The first-order valence-electron chi connectivity index (χ1n) is 10.3. The summed E-state index contributed by atoms with van der Waals surface area (Å²) in [6, 6.07) is 17.8. The summed E-state index contributed by atoms with van der Waals surface area (Å²) in [6.45, 7) is 2.19. The highest BCUT2D eigenvalue weighted by atomic mass is 16.1. The maximum Gasteiger partial charge on any atom is 0.330 e. The van der Waals surface area contributed by atoms with E-state index in [-0.39, 0.29) is 11.7 Å². The number of fused-ring (bicyclic) bond motifs is 1. The van der Waals surface area contributed by atoms with Crippen LogP contribution in [0.15, 0.2) is 71.8 Å². The fourth-order valence-corrected chi connectivity index (χ4v) is 4.32. The van der Waals surface area contributed by atoms with Gasteiger partial charge in [0.25, 0.3) is 0 Å². The lowest BCUT2D eigenvalue weighted by Gasteiger charge is -2.33. The molecule has 7 nitrogen and oxygen atoms in total. The fourth-order valence-electron chi connectivity index (χ4n) is 4.32. The Morgan fingerprint density at radius 3 is 2.53 bits per heavy atom. The van der Waals surface area contributed by atoms with E-state index in [4.69, 9.17) is 5.73 Å². The van der Waals surface area contributed by atoms with Crippen molar-refractivity contribution in [3.05, 3.63) is 83.0 Å². The van der Waals surface area contributed by atoms with Gasteiger partial charge in [-0.2, -0.15) is 0 Å². The van der Waals surface area contributed by atoms with Crippen LogP contribution >= 0.6 is 0 Å². The zero-order chi connectivity index (χ0) is 20.5. The summed E-state index contributed by atoms with van der Waals surface area (Å²) >= 11 is 0. The minimum absolute atomic E-state index is 0.00748. The Hall–Kier alpha value is -3.61. The van der Waals surface area contributed by atoms with E-state index >= 15 is 0 Å². The van der Waals surface area contributed by atoms with Gasteiger partial charge in [-0.05, 0) is 36.6 Å². The van der Waals surface area contributed by atoms with Gasteiger partial charge in [-0.25, -0.2) is 14.8 Å². The van der Waals surface area contributed by atoms with Gasteiger partial charge in [0, 0.05) is 43.3 Å². The van der Waals surface area contributed by atoms with Crippen LogP contribution in [0.1, 0.15) is 24.4 Å². The molecule has 0 amide bonds. The largest absolute Gasteiger partial charge is 0.399 e. The number of aromatic nitrogens is 4. The molecule has 0 saturated carbocycles. The van der Waals surface area contributed by atoms with Gasteiger partial charge in [-0.3, -0.25) is 9.13 Å². The van der Waals surface area contributed by atoms with Gasteiger partial charge in [-0.15, -0.1) is 0 Å². The van der Waals surface area contributed by atoms with Crippen LogP contribution in [0.4, 0.5) is 11.5 Å². The molecule has 0 unspecified atom stereocenters. The predicted molar refractivity (Wildman–Crippen MR) is 119 cm³/mol. The standard InChI is InChI=1S/C23H24N6O/c24-18-8-12-25-21(15-18)27-13-9-19(10-14-27)29-22-20(7-4-11-26-22)28(23(29)30)16-17-5-2-1-3-6-17/h1-8,11-12,15,19H,9-10,13-14,16H2,(H2,24,25). The Balaban J connectivity index is 1.45. The van der Waals surface area contributed by atoms with E-state index in [2.05, 4.69) is 14.9 Å². The molecule has 0 aliphatic carbocycles. The zero-order valence-corrected chi connectivity index (χ0v) is 16.7. The zero-order valence-electron chi connectivity index (χ0n) is 16.7. The number of nitrogens with zero attached hydrogens (tertiary/aromatic N) is 5. The van der Waals surface area contributed by atoms with Gasteiger partial charge >= 0.3 is 5.69 Å². The van der Waals surface area contributed by atoms with Gasteiger partial charge in [-0.1, -0.05) is 30.3 Å². The molecule has 30 heavy (non-hydrogen) atoms. The van der Waals surface area contributed by atoms with Crippen molar-refractivity contribution >= 4 is 22.7 Å². The van der Waals surface area contributed by atoms with Crippen LogP contribution in [0.3, 0.4) is 0 Å². The summed E-state index contributed by atoms with van der Waals surface area (Å²) in [5.74, 6) is 0.894. The average molecular weight is 400 g/mol. The molecule has 1 aliphatic heterocycles. The average Bonchev–Trinajstić information content (AvgIpc) is 3.06. The van der Waals surface area contributed by atoms with Crippen molar-refractivity contribution < 1.29 is 0 Å². The van der Waals surface area contributed by atoms with Crippen molar-refractivity contribution in [2.75, 3.05) is 23.7 Å². The van der Waals surface area contributed by atoms with Crippen molar-refractivity contribution in [3.63, 3.8) is 0 Å². The predicted octanol–water partition coefficient (Wildman–Crippen LogP) is 3.07. The molecule has 4 aromatic rings. The number of anilines is 2. The van der Waals surface area contributed by atoms with Gasteiger partial charge in [0.05, 0.1) is 12.1 Å². The summed E-state index contributed by atoms with van der Waals surface area (Å²) < 4.78 is 3.73. The lowest BCUT2D eigenvalue weighted by Crippen LogP contribution is -2.38. The number of pyridine rings is 2. The van der Waals surface area contributed by atoms with E-state index in [9.17, 15) is 4.79 Å². The van der Waals surface area contributed by atoms with Crippen LogP contribution in [0.2, 0.25) is 0 Å². The molecule has 1 aromatic carbocycles. The molecule has 2 N–H and O–H groups in total. The Kier molecular flexibility index (Phi) is 4.71. The second kappa shape index (κ2) is 7.67. The van der Waals surface area contributed by atoms with E-state index < -0.39 is 0 Å². The first-order chi connectivity index (χ1) is 14.7. The summed E-state index contributed by atoms with van der Waals surface area (Å²) in [6.07, 6.45) is 5.22. The van der Waals surface area contributed by atoms with E-state index in [1.54, 1.807) is 18.5 Å². The molecule has 7 heteroatoms. The number of hydrogen-bond donors (Lipinski definition) is 1. The van der Waals surface area contributed by atoms with Gasteiger partial charge in [0.1, 0.15) is 5.82 Å². The third-order valence-electron chi connectivity index (χ3n) is 5.83. The highest BCUT2D eigenvalue weighted by Crippen LogP contribution is 2.27. The lowest BCUT2D eigenvalue weighted by atomic mass is 10.0. The summed E-state index contributed by atoms with van der Waals surface area (Å²) in [7, 11) is 0. The molecule has 5 rings (SSSR count). The van der Waals surface area contributed by atoms with E-state index in [0.29, 0.717) is 12.2 Å². The number of piperidine rings is 1. The number of nitrogen functional groups attached to an aromatic ring is 1. The number of nitrogens with two attached hydrogens (primary N) is 1. The molecule has 1 fully saturated rings. The summed E-state index contributed by atoms with van der Waals surface area (Å²) in [5.41, 5.74) is 9.38. The quantitative estimate of drug-likeness (QED) is 0.569. The van der Waals surface area contributed by atoms with E-state index in [0.717, 1.165) is 48.5 Å². The Morgan fingerprint density at radius 1 is 0.967 bits per heavy atom. The highest BCUT2D eigenvalue weighted by molar-refractivity contribution is 5.71. The second-order valence-corrected chi connectivity index (χ2v) is 7.74. The normalized spacial score (nSPS) is 15.0. The Labute approximate surface area is 174 Å². The van der Waals surface area contributed by atoms with E-state index in [1.165, 1.54) is 0 Å². The smallest absolute Gasteiger partial charge is 0.330 e. The molecular weight excluding hydrogens is 376 g/mol. The fraction of sp³-hybridized carbons (Fsp3) is 0.261. The van der Waals surface area contributed by atoms with Crippen molar-refractivity contribution in [1.82, 2.24) is 19.1 Å². The van der Waals surface area contributed by atoms with Crippen molar-refractivity contribution in [3.8, 4) is 0 Å². The molecule has 1 aliphatic rings. The topological polar surface area (TPSA) is 82.0 Å². The lowest BCUT2D eigenvalue weighted by molar-refractivity contribution is 0.389. The van der Waals surface area contributed by atoms with Crippen LogP contribution in [-0.4, -0.2) is 32.2 Å². The number of hydrogen-bond acceptors (Lipinski definition) is 5. The Bertz CT molecular complexity index is 1220. The molecule has 3 aromatic heterocycles. The first kappa shape index (κ1) is 18.4. The molecule has 0 bridgehead atoms. The van der Waals surface area contributed by atoms with Gasteiger partial charge < -0.3 is 10.6 Å². The van der Waals surface area contributed by atoms with Gasteiger partial charge in [0.15, 0.2) is 5.65 Å². The number of imidazole rings is 1.